The van der Waals surface area contributed by atoms with Crippen LogP contribution in [0.1, 0.15) is 5.56 Å². The van der Waals surface area contributed by atoms with Gasteiger partial charge in [-0.1, -0.05) is 12.1 Å². The highest BCUT2D eigenvalue weighted by molar-refractivity contribution is 7.80. The van der Waals surface area contributed by atoms with Gasteiger partial charge in [-0.2, -0.15) is 12.6 Å². The van der Waals surface area contributed by atoms with Crippen LogP contribution in [0.3, 0.4) is 0 Å². The van der Waals surface area contributed by atoms with Crippen LogP contribution >= 0.6 is 12.6 Å². The van der Waals surface area contributed by atoms with E-state index in [4.69, 9.17) is 9.47 Å². The molecule has 0 heterocycles. The van der Waals surface area contributed by atoms with Crippen molar-refractivity contribution in [2.45, 2.75) is 6.54 Å². The van der Waals surface area contributed by atoms with Gasteiger partial charge in [0.2, 0.25) is 0 Å². The van der Waals surface area contributed by atoms with Crippen LogP contribution < -0.4 is 4.74 Å². The van der Waals surface area contributed by atoms with Crippen molar-refractivity contribution in [3.05, 3.63) is 29.8 Å². The molecule has 1 rings (SSSR count). The molecule has 0 saturated heterocycles. The molecule has 0 bridgehead atoms. The molecule has 4 heteroatoms. The van der Waals surface area contributed by atoms with E-state index in [1.807, 2.05) is 12.1 Å². The molecule has 0 aliphatic rings. The number of hydrogen-bond acceptors (Lipinski definition) is 4. The number of nitrogens with zero attached hydrogens (tertiary/aromatic N) is 1. The van der Waals surface area contributed by atoms with Gasteiger partial charge in [-0.15, -0.1) is 0 Å². The first-order valence-corrected chi connectivity index (χ1v) is 6.39. The average Bonchev–Trinajstić information content (AvgIpc) is 2.35. The number of methoxy groups -OCH3 is 1. The molecule has 96 valence electrons. The minimum absolute atomic E-state index is 0.718. The van der Waals surface area contributed by atoms with Crippen LogP contribution in [0.2, 0.25) is 0 Å². The second-order valence-corrected chi connectivity index (χ2v) is 4.37. The highest BCUT2D eigenvalue weighted by atomic mass is 32.1. The van der Waals surface area contributed by atoms with E-state index in [1.165, 1.54) is 5.56 Å². The van der Waals surface area contributed by atoms with Gasteiger partial charge in [0.15, 0.2) is 0 Å². The Morgan fingerprint density at radius 2 is 2.12 bits per heavy atom. The van der Waals surface area contributed by atoms with Crippen LogP contribution in [-0.2, 0) is 11.3 Å². The topological polar surface area (TPSA) is 21.7 Å². The smallest absolute Gasteiger partial charge is 0.119 e. The molecule has 0 atom stereocenters. The Hall–Kier alpha value is -0.710. The quantitative estimate of drug-likeness (QED) is 0.568. The largest absolute Gasteiger partial charge is 0.497 e. The monoisotopic (exact) mass is 255 g/mol. The van der Waals surface area contributed by atoms with Crippen LogP contribution in [0, 0.1) is 0 Å². The molecule has 0 aliphatic carbocycles. The van der Waals surface area contributed by atoms with Gasteiger partial charge in [-0.05, 0) is 24.7 Å². The van der Waals surface area contributed by atoms with Crippen molar-refractivity contribution in [3.63, 3.8) is 0 Å². The lowest BCUT2D eigenvalue weighted by molar-refractivity contribution is 0.122. The summed E-state index contributed by atoms with van der Waals surface area (Å²) in [5, 5.41) is 0. The first kappa shape index (κ1) is 14.4. The molecule has 17 heavy (non-hydrogen) atoms. The predicted octanol–water partition coefficient (Wildman–Crippen LogP) is 2.07. The molecular weight excluding hydrogens is 234 g/mol. The van der Waals surface area contributed by atoms with Crippen LogP contribution in [0.25, 0.3) is 0 Å². The number of ether oxygens (including phenoxy) is 2. The molecule has 0 fully saturated rings. The molecule has 1 aromatic carbocycles. The summed E-state index contributed by atoms with van der Waals surface area (Å²) in [5.41, 5.74) is 1.25. The molecule has 1 aromatic rings. The first-order valence-electron chi connectivity index (χ1n) is 5.76. The Balaban J connectivity index is 2.31. The van der Waals surface area contributed by atoms with Crippen molar-refractivity contribution in [3.8, 4) is 5.75 Å². The Kier molecular flexibility index (Phi) is 7.08. The Morgan fingerprint density at radius 1 is 1.29 bits per heavy atom. The number of thiol groups is 1. The normalized spacial score (nSPS) is 10.8. The number of benzene rings is 1. The van der Waals surface area contributed by atoms with Gasteiger partial charge >= 0.3 is 0 Å². The summed E-state index contributed by atoms with van der Waals surface area (Å²) in [7, 11) is 3.78. The van der Waals surface area contributed by atoms with Gasteiger partial charge in [0.1, 0.15) is 5.75 Å². The van der Waals surface area contributed by atoms with Gasteiger partial charge < -0.3 is 9.47 Å². The maximum absolute atomic E-state index is 5.39. The molecule has 0 spiro atoms. The maximum atomic E-state index is 5.39. The van der Waals surface area contributed by atoms with Crippen molar-refractivity contribution in [2.75, 3.05) is 39.7 Å². The zero-order valence-corrected chi connectivity index (χ0v) is 11.5. The molecule has 0 aliphatic heterocycles. The number of rotatable bonds is 8. The zero-order valence-electron chi connectivity index (χ0n) is 10.6. The van der Waals surface area contributed by atoms with Gasteiger partial charge in [-0.3, -0.25) is 4.90 Å². The maximum Gasteiger partial charge on any atom is 0.119 e. The lowest BCUT2D eigenvalue weighted by Crippen LogP contribution is -2.23. The molecule has 0 saturated carbocycles. The van der Waals surface area contributed by atoms with Crippen LogP contribution in [-0.4, -0.2) is 44.6 Å². The highest BCUT2D eigenvalue weighted by Crippen LogP contribution is 2.13. The molecule has 0 unspecified atom stereocenters. The van der Waals surface area contributed by atoms with E-state index in [0.29, 0.717) is 0 Å². The van der Waals surface area contributed by atoms with E-state index in [2.05, 4.69) is 36.7 Å². The number of hydrogen-bond donors (Lipinski definition) is 1. The minimum Gasteiger partial charge on any atom is -0.497 e. The van der Waals surface area contributed by atoms with Crippen molar-refractivity contribution in [1.82, 2.24) is 4.90 Å². The molecule has 3 nitrogen and oxygen atoms in total. The van der Waals surface area contributed by atoms with Gasteiger partial charge in [0.05, 0.1) is 20.3 Å². The standard InChI is InChI=1S/C13H21NO2S/c1-14(6-7-16-8-9-17)11-12-4-3-5-13(10-12)15-2/h3-5,10,17H,6-9,11H2,1-2H3. The fraction of sp³-hybridized carbons (Fsp3) is 0.538. The Labute approximate surface area is 109 Å². The third-order valence-electron chi connectivity index (χ3n) is 2.44. The Morgan fingerprint density at radius 3 is 2.82 bits per heavy atom. The van der Waals surface area contributed by atoms with Gasteiger partial charge in [0, 0.05) is 18.8 Å². The molecule has 0 N–H and O–H groups in total. The SMILES string of the molecule is COc1cccc(CN(C)CCOCCS)c1. The summed E-state index contributed by atoms with van der Waals surface area (Å²) >= 11 is 4.09. The van der Waals surface area contributed by atoms with Crippen molar-refractivity contribution < 1.29 is 9.47 Å². The summed E-state index contributed by atoms with van der Waals surface area (Å²) in [6.07, 6.45) is 0. The third kappa shape index (κ3) is 5.96. The minimum atomic E-state index is 0.718. The second-order valence-electron chi connectivity index (χ2n) is 3.93. The highest BCUT2D eigenvalue weighted by Gasteiger charge is 2.01. The van der Waals surface area contributed by atoms with E-state index >= 15 is 0 Å². The molecule has 0 amide bonds. The summed E-state index contributed by atoms with van der Waals surface area (Å²) in [6, 6.07) is 8.14. The van der Waals surface area contributed by atoms with E-state index in [9.17, 15) is 0 Å². The average molecular weight is 255 g/mol. The van der Waals surface area contributed by atoms with Crippen LogP contribution in [0.5, 0.6) is 5.75 Å². The van der Waals surface area contributed by atoms with E-state index < -0.39 is 0 Å². The van der Waals surface area contributed by atoms with Crippen molar-refractivity contribution in [2.24, 2.45) is 0 Å². The van der Waals surface area contributed by atoms with E-state index in [1.54, 1.807) is 7.11 Å². The zero-order chi connectivity index (χ0) is 12.5. The summed E-state index contributed by atoms with van der Waals surface area (Å²) < 4.78 is 10.6. The van der Waals surface area contributed by atoms with Crippen LogP contribution in [0.15, 0.2) is 24.3 Å². The number of likely N-dealkylation sites (N-methyl/N-ethyl adjacent to an activating group) is 1. The van der Waals surface area contributed by atoms with Gasteiger partial charge in [-0.25, -0.2) is 0 Å². The third-order valence-corrected chi connectivity index (χ3v) is 2.62. The predicted molar refractivity (Wildman–Crippen MR) is 74.0 cm³/mol. The first-order chi connectivity index (χ1) is 8.26. The fourth-order valence-corrected chi connectivity index (χ4v) is 1.68. The Bertz CT molecular complexity index is 320. The molecule has 0 aromatic heterocycles. The fourth-order valence-electron chi connectivity index (χ4n) is 1.55. The summed E-state index contributed by atoms with van der Waals surface area (Å²) in [5.74, 6) is 1.68. The molecular formula is C13H21NO2S. The van der Waals surface area contributed by atoms with Crippen molar-refractivity contribution in [1.29, 1.82) is 0 Å². The van der Waals surface area contributed by atoms with E-state index in [0.717, 1.165) is 37.8 Å². The second kappa shape index (κ2) is 8.39. The van der Waals surface area contributed by atoms with Crippen molar-refractivity contribution >= 4 is 12.6 Å². The lowest BCUT2D eigenvalue weighted by Gasteiger charge is -2.16. The van der Waals surface area contributed by atoms with Crippen LogP contribution in [0.4, 0.5) is 0 Å². The summed E-state index contributed by atoms with van der Waals surface area (Å²) in [6.45, 7) is 3.30. The van der Waals surface area contributed by atoms with Gasteiger partial charge in [0.25, 0.3) is 0 Å². The summed E-state index contributed by atoms with van der Waals surface area (Å²) in [4.78, 5) is 2.23. The van der Waals surface area contributed by atoms with E-state index in [-0.39, 0.29) is 0 Å². The lowest BCUT2D eigenvalue weighted by atomic mass is 10.2. The molecule has 0 radical (unpaired) electrons.